The summed E-state index contributed by atoms with van der Waals surface area (Å²) < 4.78 is 5.39. The van der Waals surface area contributed by atoms with Gasteiger partial charge in [0.25, 0.3) is 0 Å². The van der Waals surface area contributed by atoms with E-state index in [4.69, 9.17) is 4.74 Å². The molecule has 0 spiro atoms. The van der Waals surface area contributed by atoms with Crippen molar-refractivity contribution in [2.45, 2.75) is 58.0 Å². The first-order valence-corrected chi connectivity index (χ1v) is 8.17. The molecule has 0 amide bonds. The number of carbonyl (C=O) groups is 1. The summed E-state index contributed by atoms with van der Waals surface area (Å²) in [5, 5.41) is 3.47. The normalized spacial score (nSPS) is 23.4. The number of likely N-dealkylation sites (N-methyl/N-ethyl adjacent to an activating group) is 2. The van der Waals surface area contributed by atoms with E-state index in [0.717, 1.165) is 31.8 Å². The molecule has 0 bridgehead atoms. The van der Waals surface area contributed by atoms with E-state index in [9.17, 15) is 4.79 Å². The lowest BCUT2D eigenvalue weighted by Gasteiger charge is -2.38. The molecule has 0 heterocycles. The maximum absolute atomic E-state index is 12.6. The second-order valence-corrected chi connectivity index (χ2v) is 6.49. The largest absolute Gasteiger partial charge is 0.465 e. The van der Waals surface area contributed by atoms with E-state index >= 15 is 0 Å². The molecule has 0 radical (unpaired) electrons. The summed E-state index contributed by atoms with van der Waals surface area (Å²) in [6, 6.07) is 0.557. The van der Waals surface area contributed by atoms with Crippen LogP contribution in [-0.4, -0.2) is 49.2 Å². The third-order valence-corrected chi connectivity index (χ3v) is 4.90. The molecule has 2 rings (SSSR count). The summed E-state index contributed by atoms with van der Waals surface area (Å²) in [5.74, 6) is 1.20. The van der Waals surface area contributed by atoms with Gasteiger partial charge in [-0.05, 0) is 65.0 Å². The highest BCUT2D eigenvalue weighted by atomic mass is 16.5. The topological polar surface area (TPSA) is 41.6 Å². The van der Waals surface area contributed by atoms with Crippen LogP contribution in [0.3, 0.4) is 0 Å². The predicted molar refractivity (Wildman–Crippen MR) is 80.6 cm³/mol. The van der Waals surface area contributed by atoms with E-state index in [1.165, 1.54) is 12.8 Å². The van der Waals surface area contributed by atoms with Crippen LogP contribution in [0.5, 0.6) is 0 Å². The van der Waals surface area contributed by atoms with Crippen molar-refractivity contribution in [3.05, 3.63) is 0 Å². The second-order valence-electron chi connectivity index (χ2n) is 6.49. The smallest absolute Gasteiger partial charge is 0.327 e. The molecule has 0 aliphatic heterocycles. The quantitative estimate of drug-likeness (QED) is 0.657. The zero-order valence-corrected chi connectivity index (χ0v) is 13.4. The van der Waals surface area contributed by atoms with Gasteiger partial charge in [0.05, 0.1) is 6.61 Å². The monoisotopic (exact) mass is 282 g/mol. The summed E-state index contributed by atoms with van der Waals surface area (Å²) in [7, 11) is 2.15. The molecule has 4 heteroatoms. The molecular formula is C16H30N2O2. The number of carbonyl (C=O) groups excluding carboxylic acids is 1. The Balaban J connectivity index is 2.09. The first-order valence-electron chi connectivity index (χ1n) is 8.17. The van der Waals surface area contributed by atoms with E-state index in [1.54, 1.807) is 0 Å². The van der Waals surface area contributed by atoms with Gasteiger partial charge in [-0.3, -0.25) is 0 Å². The number of esters is 1. The van der Waals surface area contributed by atoms with Crippen LogP contribution in [0.1, 0.15) is 46.5 Å². The molecule has 116 valence electrons. The van der Waals surface area contributed by atoms with Crippen molar-refractivity contribution in [1.29, 1.82) is 0 Å². The van der Waals surface area contributed by atoms with Gasteiger partial charge in [-0.1, -0.05) is 6.92 Å². The average Bonchev–Trinajstić information content (AvgIpc) is 3.30. The Bertz CT molecular complexity index is 339. The van der Waals surface area contributed by atoms with Gasteiger partial charge in [-0.25, -0.2) is 4.79 Å². The van der Waals surface area contributed by atoms with Crippen LogP contribution in [0.2, 0.25) is 0 Å². The van der Waals surface area contributed by atoms with Gasteiger partial charge in [0, 0.05) is 12.6 Å². The SMILES string of the molecule is CCNC(CN(C)C(C)C1CC1)(C(=O)OCC)C1CC1. The molecule has 0 saturated heterocycles. The Kier molecular flexibility index (Phi) is 5.08. The van der Waals surface area contributed by atoms with Crippen molar-refractivity contribution in [3.8, 4) is 0 Å². The Morgan fingerprint density at radius 2 is 2.00 bits per heavy atom. The zero-order chi connectivity index (χ0) is 14.8. The van der Waals surface area contributed by atoms with E-state index in [0.29, 0.717) is 18.6 Å². The molecule has 0 aromatic carbocycles. The predicted octanol–water partition coefficient (Wildman–Crippen LogP) is 2.04. The van der Waals surface area contributed by atoms with Crippen LogP contribution in [0.4, 0.5) is 0 Å². The molecule has 2 atom stereocenters. The Labute approximate surface area is 123 Å². The zero-order valence-electron chi connectivity index (χ0n) is 13.4. The third kappa shape index (κ3) is 3.34. The number of hydrogen-bond acceptors (Lipinski definition) is 4. The fourth-order valence-corrected chi connectivity index (χ4v) is 3.26. The van der Waals surface area contributed by atoms with Gasteiger partial charge in [0.1, 0.15) is 5.54 Å². The fourth-order valence-electron chi connectivity index (χ4n) is 3.26. The van der Waals surface area contributed by atoms with E-state index in [2.05, 4.69) is 31.1 Å². The maximum Gasteiger partial charge on any atom is 0.327 e. The summed E-state index contributed by atoms with van der Waals surface area (Å²) in [5.41, 5.74) is -0.497. The number of ether oxygens (including phenoxy) is 1. The molecule has 0 aromatic heterocycles. The summed E-state index contributed by atoms with van der Waals surface area (Å²) >= 11 is 0. The minimum absolute atomic E-state index is 0.0563. The molecule has 2 fully saturated rings. The van der Waals surface area contributed by atoms with Crippen molar-refractivity contribution < 1.29 is 9.53 Å². The molecule has 2 aliphatic carbocycles. The van der Waals surface area contributed by atoms with Crippen molar-refractivity contribution in [2.24, 2.45) is 11.8 Å². The minimum atomic E-state index is -0.497. The van der Waals surface area contributed by atoms with Crippen molar-refractivity contribution in [2.75, 3.05) is 26.7 Å². The standard InChI is InChI=1S/C16H30N2O2/c1-5-17-16(14-9-10-14,15(19)20-6-2)11-18(4)12(3)13-7-8-13/h12-14,17H,5-11H2,1-4H3. The number of nitrogens with zero attached hydrogens (tertiary/aromatic N) is 1. The van der Waals surface area contributed by atoms with Crippen LogP contribution >= 0.6 is 0 Å². The van der Waals surface area contributed by atoms with Crippen LogP contribution in [-0.2, 0) is 9.53 Å². The van der Waals surface area contributed by atoms with E-state index in [1.807, 2.05) is 6.92 Å². The Morgan fingerprint density at radius 1 is 1.35 bits per heavy atom. The highest BCUT2D eigenvalue weighted by Crippen LogP contribution is 2.42. The average molecular weight is 282 g/mol. The summed E-state index contributed by atoms with van der Waals surface area (Å²) in [6.07, 6.45) is 4.94. The van der Waals surface area contributed by atoms with Crippen molar-refractivity contribution in [1.82, 2.24) is 10.2 Å². The molecular weight excluding hydrogens is 252 g/mol. The maximum atomic E-state index is 12.6. The first kappa shape index (κ1) is 15.8. The molecule has 4 nitrogen and oxygen atoms in total. The van der Waals surface area contributed by atoms with Crippen molar-refractivity contribution >= 4 is 5.97 Å². The lowest BCUT2D eigenvalue weighted by Crippen LogP contribution is -2.62. The summed E-state index contributed by atoms with van der Waals surface area (Å²) in [6.45, 7) is 8.27. The van der Waals surface area contributed by atoms with Gasteiger partial charge >= 0.3 is 5.97 Å². The van der Waals surface area contributed by atoms with E-state index in [-0.39, 0.29) is 5.97 Å². The van der Waals surface area contributed by atoms with Crippen LogP contribution in [0.15, 0.2) is 0 Å². The number of nitrogens with one attached hydrogen (secondary N) is 1. The molecule has 1 N–H and O–H groups in total. The molecule has 2 saturated carbocycles. The first-order chi connectivity index (χ1) is 9.55. The number of hydrogen-bond donors (Lipinski definition) is 1. The van der Waals surface area contributed by atoms with Gasteiger partial charge in [-0.2, -0.15) is 0 Å². The van der Waals surface area contributed by atoms with Gasteiger partial charge in [-0.15, -0.1) is 0 Å². The third-order valence-electron chi connectivity index (χ3n) is 4.90. The van der Waals surface area contributed by atoms with Crippen molar-refractivity contribution in [3.63, 3.8) is 0 Å². The Morgan fingerprint density at radius 3 is 2.45 bits per heavy atom. The highest BCUT2D eigenvalue weighted by molar-refractivity contribution is 5.82. The van der Waals surface area contributed by atoms with Gasteiger partial charge in [0.15, 0.2) is 0 Å². The van der Waals surface area contributed by atoms with Gasteiger partial charge in [0.2, 0.25) is 0 Å². The molecule has 20 heavy (non-hydrogen) atoms. The highest BCUT2D eigenvalue weighted by Gasteiger charge is 2.52. The second kappa shape index (κ2) is 6.44. The molecule has 2 unspecified atom stereocenters. The van der Waals surface area contributed by atoms with Crippen LogP contribution in [0, 0.1) is 11.8 Å². The van der Waals surface area contributed by atoms with E-state index < -0.39 is 5.54 Å². The lowest BCUT2D eigenvalue weighted by molar-refractivity contribution is -0.153. The van der Waals surface area contributed by atoms with Crippen LogP contribution in [0.25, 0.3) is 0 Å². The summed E-state index contributed by atoms with van der Waals surface area (Å²) in [4.78, 5) is 14.9. The molecule has 2 aliphatic rings. The number of rotatable bonds is 9. The van der Waals surface area contributed by atoms with Gasteiger partial charge < -0.3 is 15.0 Å². The fraction of sp³-hybridized carbons (Fsp3) is 0.938. The minimum Gasteiger partial charge on any atom is -0.465 e. The lowest BCUT2D eigenvalue weighted by atomic mass is 9.91. The van der Waals surface area contributed by atoms with Crippen LogP contribution < -0.4 is 5.32 Å². The molecule has 0 aromatic rings. The Hall–Kier alpha value is -0.610.